The smallest absolute Gasteiger partial charge is 0.128 e. The highest BCUT2D eigenvalue weighted by Gasteiger charge is 2.02. The monoisotopic (exact) mass is 230 g/mol. The minimum Gasteiger partial charge on any atom is -0.268 e. The lowest BCUT2D eigenvalue weighted by molar-refractivity contribution is 0.549. The lowest BCUT2D eigenvalue weighted by Gasteiger charge is -2.03. The zero-order valence-corrected chi connectivity index (χ0v) is 9.26. The second-order valence-electron chi connectivity index (χ2n) is 2.89. The Bertz CT molecular complexity index is 243. The summed E-state index contributed by atoms with van der Waals surface area (Å²) in [6, 6.07) is 2.09. The average molecular weight is 231 g/mol. The van der Waals surface area contributed by atoms with Gasteiger partial charge >= 0.3 is 0 Å². The quantitative estimate of drug-likeness (QED) is 0.778. The minimum atomic E-state index is 0.954. The molecule has 0 aliphatic rings. The molecule has 0 aliphatic heterocycles. The Kier molecular flexibility index (Phi) is 3.79. The summed E-state index contributed by atoms with van der Waals surface area (Å²) in [5.41, 5.74) is 1.32. The molecular formula is C9H15BrN2. The molecule has 0 spiro atoms. The van der Waals surface area contributed by atoms with E-state index in [2.05, 4.69) is 45.6 Å². The van der Waals surface area contributed by atoms with E-state index in [1.165, 1.54) is 18.5 Å². The van der Waals surface area contributed by atoms with Crippen molar-refractivity contribution >= 4 is 15.9 Å². The van der Waals surface area contributed by atoms with Crippen molar-refractivity contribution in [3.8, 4) is 0 Å². The highest BCUT2D eigenvalue weighted by molar-refractivity contribution is 9.10. The third-order valence-electron chi connectivity index (χ3n) is 1.92. The van der Waals surface area contributed by atoms with E-state index in [-0.39, 0.29) is 0 Å². The molecule has 1 aromatic heterocycles. The Morgan fingerprint density at radius 1 is 1.50 bits per heavy atom. The van der Waals surface area contributed by atoms with Crippen molar-refractivity contribution in [3.05, 3.63) is 16.4 Å². The number of halogens is 1. The summed E-state index contributed by atoms with van der Waals surface area (Å²) in [7, 11) is 0. The van der Waals surface area contributed by atoms with Crippen LogP contribution in [0.15, 0.2) is 10.7 Å². The molecule has 0 bridgehead atoms. The molecule has 0 unspecified atom stereocenters. The summed E-state index contributed by atoms with van der Waals surface area (Å²) in [4.78, 5) is 0. The van der Waals surface area contributed by atoms with Crippen molar-refractivity contribution in [1.29, 1.82) is 0 Å². The molecule has 0 aliphatic carbocycles. The van der Waals surface area contributed by atoms with Gasteiger partial charge in [-0.2, -0.15) is 5.10 Å². The average Bonchev–Trinajstić information content (AvgIpc) is 2.42. The number of rotatable bonds is 4. The maximum Gasteiger partial charge on any atom is 0.128 e. The normalized spacial score (nSPS) is 10.6. The molecule has 2 nitrogen and oxygen atoms in total. The summed E-state index contributed by atoms with van der Waals surface area (Å²) in [6.45, 7) is 5.40. The van der Waals surface area contributed by atoms with Crippen molar-refractivity contribution in [3.63, 3.8) is 0 Å². The van der Waals surface area contributed by atoms with Crippen molar-refractivity contribution < 1.29 is 0 Å². The largest absolute Gasteiger partial charge is 0.268 e. The molecule has 0 saturated carbocycles. The van der Waals surface area contributed by atoms with E-state index in [0.717, 1.165) is 17.6 Å². The molecule has 0 radical (unpaired) electrons. The second-order valence-corrected chi connectivity index (χ2v) is 3.70. The third-order valence-corrected chi connectivity index (χ3v) is 2.31. The van der Waals surface area contributed by atoms with E-state index in [4.69, 9.17) is 0 Å². The molecule has 1 rings (SSSR count). The molecule has 0 fully saturated rings. The zero-order valence-electron chi connectivity index (χ0n) is 7.68. The van der Waals surface area contributed by atoms with Gasteiger partial charge in [-0.15, -0.1) is 0 Å². The molecule has 0 amide bonds. The summed E-state index contributed by atoms with van der Waals surface area (Å²) in [5, 5.41) is 4.35. The summed E-state index contributed by atoms with van der Waals surface area (Å²) >= 11 is 3.38. The number of aromatic nitrogens is 2. The van der Waals surface area contributed by atoms with Crippen LogP contribution in [0, 0.1) is 0 Å². The fourth-order valence-corrected chi connectivity index (χ4v) is 1.66. The summed E-state index contributed by atoms with van der Waals surface area (Å²) < 4.78 is 3.04. The Hall–Kier alpha value is -0.310. The van der Waals surface area contributed by atoms with Crippen LogP contribution in [-0.2, 0) is 13.0 Å². The lowest BCUT2D eigenvalue weighted by Crippen LogP contribution is -2.03. The molecular weight excluding hydrogens is 216 g/mol. The first-order valence-corrected chi connectivity index (χ1v) is 5.29. The van der Waals surface area contributed by atoms with Gasteiger partial charge in [-0.1, -0.05) is 20.3 Å². The summed E-state index contributed by atoms with van der Waals surface area (Å²) in [5.74, 6) is 0. The molecule has 0 aromatic carbocycles. The van der Waals surface area contributed by atoms with Crippen LogP contribution in [0.3, 0.4) is 0 Å². The molecule has 3 heteroatoms. The molecule has 1 aromatic rings. The van der Waals surface area contributed by atoms with E-state index in [1.54, 1.807) is 0 Å². The maximum absolute atomic E-state index is 4.35. The molecule has 0 N–H and O–H groups in total. The van der Waals surface area contributed by atoms with Crippen molar-refractivity contribution in [1.82, 2.24) is 9.78 Å². The number of hydrogen-bond acceptors (Lipinski definition) is 1. The van der Waals surface area contributed by atoms with Gasteiger partial charge in [0, 0.05) is 12.2 Å². The van der Waals surface area contributed by atoms with E-state index < -0.39 is 0 Å². The number of nitrogens with zero attached hydrogens (tertiary/aromatic N) is 2. The van der Waals surface area contributed by atoms with E-state index in [1.807, 2.05) is 0 Å². The van der Waals surface area contributed by atoms with Gasteiger partial charge in [0.1, 0.15) is 4.60 Å². The van der Waals surface area contributed by atoms with Gasteiger partial charge in [0.2, 0.25) is 0 Å². The first-order valence-electron chi connectivity index (χ1n) is 4.50. The minimum absolute atomic E-state index is 0.954. The van der Waals surface area contributed by atoms with Gasteiger partial charge in [0.15, 0.2) is 0 Å². The predicted molar refractivity (Wildman–Crippen MR) is 54.2 cm³/mol. The Morgan fingerprint density at radius 3 is 2.83 bits per heavy atom. The van der Waals surface area contributed by atoms with Crippen LogP contribution >= 0.6 is 15.9 Å². The predicted octanol–water partition coefficient (Wildman–Crippen LogP) is 3.01. The Labute approximate surface area is 82.1 Å². The van der Waals surface area contributed by atoms with Gasteiger partial charge in [0.05, 0.1) is 0 Å². The topological polar surface area (TPSA) is 17.8 Å². The Morgan fingerprint density at radius 2 is 2.25 bits per heavy atom. The van der Waals surface area contributed by atoms with Crippen molar-refractivity contribution in [2.75, 3.05) is 0 Å². The first kappa shape index (κ1) is 9.78. The van der Waals surface area contributed by atoms with Crippen LogP contribution in [-0.4, -0.2) is 9.78 Å². The van der Waals surface area contributed by atoms with Gasteiger partial charge in [-0.05, 0) is 34.8 Å². The third kappa shape index (κ3) is 2.34. The van der Waals surface area contributed by atoms with Crippen LogP contribution in [0.5, 0.6) is 0 Å². The maximum atomic E-state index is 4.35. The van der Waals surface area contributed by atoms with E-state index in [0.29, 0.717) is 0 Å². The van der Waals surface area contributed by atoms with Gasteiger partial charge in [-0.3, -0.25) is 4.68 Å². The fraction of sp³-hybridized carbons (Fsp3) is 0.667. The molecule has 0 atom stereocenters. The number of unbranched alkanes of at least 4 members (excludes halogenated alkanes) is 1. The van der Waals surface area contributed by atoms with Gasteiger partial charge in [-0.25, -0.2) is 0 Å². The van der Waals surface area contributed by atoms with Crippen LogP contribution in [0.2, 0.25) is 0 Å². The molecule has 0 saturated heterocycles. The standard InChI is InChI=1S/C9H15BrN2/c1-3-5-6-12-8(4-2)7-9(10)11-12/h7H,3-6H2,1-2H3. The van der Waals surface area contributed by atoms with Crippen molar-refractivity contribution in [2.45, 2.75) is 39.7 Å². The molecule has 12 heavy (non-hydrogen) atoms. The number of hydrogen-bond donors (Lipinski definition) is 0. The van der Waals surface area contributed by atoms with E-state index in [9.17, 15) is 0 Å². The first-order chi connectivity index (χ1) is 5.77. The van der Waals surface area contributed by atoms with Crippen LogP contribution in [0.25, 0.3) is 0 Å². The van der Waals surface area contributed by atoms with Crippen LogP contribution < -0.4 is 0 Å². The lowest BCUT2D eigenvalue weighted by atomic mass is 10.3. The SMILES string of the molecule is CCCCn1nc(Br)cc1CC. The number of aryl methyl sites for hydroxylation is 2. The van der Waals surface area contributed by atoms with Crippen molar-refractivity contribution in [2.24, 2.45) is 0 Å². The highest BCUT2D eigenvalue weighted by atomic mass is 79.9. The van der Waals surface area contributed by atoms with E-state index >= 15 is 0 Å². The fourth-order valence-electron chi connectivity index (χ4n) is 1.21. The van der Waals surface area contributed by atoms with Crippen LogP contribution in [0.4, 0.5) is 0 Å². The molecule has 68 valence electrons. The molecule has 1 heterocycles. The highest BCUT2D eigenvalue weighted by Crippen LogP contribution is 2.11. The van der Waals surface area contributed by atoms with Gasteiger partial charge < -0.3 is 0 Å². The Balaban J connectivity index is 2.68. The zero-order chi connectivity index (χ0) is 8.97. The van der Waals surface area contributed by atoms with Gasteiger partial charge in [0.25, 0.3) is 0 Å². The second kappa shape index (κ2) is 4.65. The van der Waals surface area contributed by atoms with Crippen LogP contribution in [0.1, 0.15) is 32.4 Å². The summed E-state index contributed by atoms with van der Waals surface area (Å²) in [6.07, 6.45) is 3.49.